The summed E-state index contributed by atoms with van der Waals surface area (Å²) in [5, 5.41) is 0. The molecule has 0 amide bonds. The van der Waals surface area contributed by atoms with Gasteiger partial charge in [0.2, 0.25) is 10.0 Å². The Morgan fingerprint density at radius 2 is 1.68 bits per heavy atom. The normalized spacial score (nSPS) is 19.3. The van der Waals surface area contributed by atoms with Crippen molar-refractivity contribution in [2.24, 2.45) is 0 Å². The Morgan fingerprint density at radius 1 is 1.00 bits per heavy atom. The van der Waals surface area contributed by atoms with E-state index in [1.807, 2.05) is 12.1 Å². The quantitative estimate of drug-likeness (QED) is 0.582. The Morgan fingerprint density at radius 3 is 2.39 bits per heavy atom. The SMILES string of the molecule is C/C(CCN1CCN(C)CC1)=C1\c2ccccc2Sc2ccc(S(=O)(=O)N(C)C)cc21. The van der Waals surface area contributed by atoms with Gasteiger partial charge in [-0.25, -0.2) is 12.7 Å². The Labute approximate surface area is 190 Å². The third-order valence-corrected chi connectivity index (χ3v) is 9.16. The number of sulfonamides is 1. The number of hydrogen-bond acceptors (Lipinski definition) is 5. The third kappa shape index (κ3) is 4.61. The molecule has 0 unspecified atom stereocenters. The average molecular weight is 458 g/mol. The first-order valence-electron chi connectivity index (χ1n) is 10.7. The van der Waals surface area contributed by atoms with Gasteiger partial charge in [0.25, 0.3) is 0 Å². The van der Waals surface area contributed by atoms with E-state index in [1.54, 1.807) is 31.9 Å². The lowest BCUT2D eigenvalue weighted by molar-refractivity contribution is 0.155. The molecular formula is C24H31N3O2S2. The van der Waals surface area contributed by atoms with Crippen LogP contribution < -0.4 is 0 Å². The molecule has 2 aliphatic heterocycles. The van der Waals surface area contributed by atoms with Crippen LogP contribution >= 0.6 is 11.8 Å². The molecule has 0 saturated carbocycles. The zero-order chi connectivity index (χ0) is 22.2. The van der Waals surface area contributed by atoms with Gasteiger partial charge in [0.15, 0.2) is 0 Å². The Bertz CT molecular complexity index is 1100. The van der Waals surface area contributed by atoms with Crippen LogP contribution in [0, 0.1) is 0 Å². The highest BCUT2D eigenvalue weighted by Gasteiger charge is 2.26. The van der Waals surface area contributed by atoms with Crippen LogP contribution in [0.15, 0.2) is 62.7 Å². The fraction of sp³-hybridized carbons (Fsp3) is 0.417. The minimum Gasteiger partial charge on any atom is -0.304 e. The molecule has 2 aromatic carbocycles. The van der Waals surface area contributed by atoms with Crippen molar-refractivity contribution in [3.05, 3.63) is 59.2 Å². The summed E-state index contributed by atoms with van der Waals surface area (Å²) in [6.07, 6.45) is 0.974. The minimum atomic E-state index is -3.48. The Balaban J connectivity index is 1.73. The molecule has 2 aliphatic rings. The molecule has 31 heavy (non-hydrogen) atoms. The summed E-state index contributed by atoms with van der Waals surface area (Å²) < 4.78 is 26.9. The number of nitrogens with zero attached hydrogens (tertiary/aromatic N) is 3. The van der Waals surface area contributed by atoms with Gasteiger partial charge in [-0.2, -0.15) is 0 Å². The van der Waals surface area contributed by atoms with Crippen molar-refractivity contribution in [2.45, 2.75) is 28.0 Å². The van der Waals surface area contributed by atoms with Gasteiger partial charge in [0.05, 0.1) is 4.90 Å². The summed E-state index contributed by atoms with van der Waals surface area (Å²) in [4.78, 5) is 7.60. The van der Waals surface area contributed by atoms with Crippen LogP contribution in [0.4, 0.5) is 0 Å². The monoisotopic (exact) mass is 457 g/mol. The first kappa shape index (κ1) is 22.6. The fourth-order valence-electron chi connectivity index (χ4n) is 4.17. The minimum absolute atomic E-state index is 0.348. The van der Waals surface area contributed by atoms with Gasteiger partial charge in [0, 0.05) is 56.6 Å². The summed E-state index contributed by atoms with van der Waals surface area (Å²) in [5.74, 6) is 0. The van der Waals surface area contributed by atoms with Gasteiger partial charge < -0.3 is 9.80 Å². The topological polar surface area (TPSA) is 43.9 Å². The lowest BCUT2D eigenvalue weighted by atomic mass is 9.91. The molecule has 0 N–H and O–H groups in total. The van der Waals surface area contributed by atoms with E-state index < -0.39 is 10.0 Å². The van der Waals surface area contributed by atoms with E-state index in [0.717, 1.165) is 49.6 Å². The van der Waals surface area contributed by atoms with Crippen molar-refractivity contribution in [1.29, 1.82) is 0 Å². The van der Waals surface area contributed by atoms with Gasteiger partial charge in [-0.3, -0.25) is 0 Å². The van der Waals surface area contributed by atoms with Crippen LogP contribution in [0.3, 0.4) is 0 Å². The van der Waals surface area contributed by atoms with E-state index in [1.165, 1.54) is 25.9 Å². The van der Waals surface area contributed by atoms with Crippen molar-refractivity contribution in [2.75, 3.05) is 53.9 Å². The lowest BCUT2D eigenvalue weighted by Crippen LogP contribution is -2.44. The largest absolute Gasteiger partial charge is 0.304 e. The zero-order valence-corrected chi connectivity index (χ0v) is 20.4. The van der Waals surface area contributed by atoms with Crippen LogP contribution in [-0.4, -0.2) is 76.4 Å². The molecule has 5 nitrogen and oxygen atoms in total. The van der Waals surface area contributed by atoms with Crippen molar-refractivity contribution >= 4 is 27.4 Å². The molecule has 0 radical (unpaired) electrons. The molecule has 2 aromatic rings. The van der Waals surface area contributed by atoms with Gasteiger partial charge in [-0.05, 0) is 61.4 Å². The maximum atomic E-state index is 12.8. The van der Waals surface area contributed by atoms with E-state index in [-0.39, 0.29) is 0 Å². The van der Waals surface area contributed by atoms with E-state index in [4.69, 9.17) is 0 Å². The highest BCUT2D eigenvalue weighted by atomic mass is 32.2. The number of hydrogen-bond donors (Lipinski definition) is 0. The highest BCUT2D eigenvalue weighted by molar-refractivity contribution is 7.99. The molecule has 4 rings (SSSR count). The van der Waals surface area contributed by atoms with Crippen molar-refractivity contribution in [3.63, 3.8) is 0 Å². The molecular weight excluding hydrogens is 426 g/mol. The molecule has 1 fully saturated rings. The number of rotatable bonds is 5. The second-order valence-electron chi connectivity index (χ2n) is 8.59. The fourth-order valence-corrected chi connectivity index (χ4v) is 6.17. The van der Waals surface area contributed by atoms with Crippen LogP contribution in [0.25, 0.3) is 5.57 Å². The first-order valence-corrected chi connectivity index (χ1v) is 13.0. The maximum Gasteiger partial charge on any atom is 0.242 e. The molecule has 166 valence electrons. The van der Waals surface area contributed by atoms with E-state index in [2.05, 4.69) is 48.0 Å². The number of benzene rings is 2. The molecule has 0 bridgehead atoms. The third-order valence-electron chi connectivity index (χ3n) is 6.20. The second kappa shape index (κ2) is 9.08. The van der Waals surface area contributed by atoms with Gasteiger partial charge in [-0.1, -0.05) is 35.5 Å². The molecule has 0 aromatic heterocycles. The number of piperazine rings is 1. The molecule has 1 saturated heterocycles. The van der Waals surface area contributed by atoms with E-state index in [0.29, 0.717) is 4.90 Å². The van der Waals surface area contributed by atoms with Crippen LogP contribution in [0.5, 0.6) is 0 Å². The van der Waals surface area contributed by atoms with Gasteiger partial charge in [0.1, 0.15) is 0 Å². The summed E-state index contributed by atoms with van der Waals surface area (Å²) in [7, 11) is 1.86. The van der Waals surface area contributed by atoms with Crippen LogP contribution in [0.1, 0.15) is 24.5 Å². The predicted octanol–water partition coefficient (Wildman–Crippen LogP) is 3.86. The smallest absolute Gasteiger partial charge is 0.242 e. The van der Waals surface area contributed by atoms with Gasteiger partial charge >= 0.3 is 0 Å². The Kier molecular flexibility index (Phi) is 6.60. The van der Waals surface area contributed by atoms with Crippen molar-refractivity contribution < 1.29 is 8.42 Å². The maximum absolute atomic E-state index is 12.8. The number of fused-ring (bicyclic) bond motifs is 2. The van der Waals surface area contributed by atoms with E-state index in [9.17, 15) is 8.42 Å². The zero-order valence-electron chi connectivity index (χ0n) is 18.8. The molecule has 7 heteroatoms. The van der Waals surface area contributed by atoms with E-state index >= 15 is 0 Å². The molecule has 0 spiro atoms. The van der Waals surface area contributed by atoms with Crippen molar-refractivity contribution in [3.8, 4) is 0 Å². The molecule has 0 atom stereocenters. The Hall–Kier alpha value is -1.64. The molecule has 0 aliphatic carbocycles. The summed E-state index contributed by atoms with van der Waals surface area (Å²) in [5.41, 5.74) is 4.74. The van der Waals surface area contributed by atoms with Gasteiger partial charge in [-0.15, -0.1) is 0 Å². The highest BCUT2D eigenvalue weighted by Crippen LogP contribution is 2.47. The van der Waals surface area contributed by atoms with Crippen molar-refractivity contribution in [1.82, 2.24) is 14.1 Å². The average Bonchev–Trinajstić information content (AvgIpc) is 2.76. The second-order valence-corrected chi connectivity index (χ2v) is 11.8. The first-order chi connectivity index (χ1) is 14.8. The van der Waals surface area contributed by atoms with Crippen LogP contribution in [0.2, 0.25) is 0 Å². The predicted molar refractivity (Wildman–Crippen MR) is 128 cm³/mol. The summed E-state index contributed by atoms with van der Waals surface area (Å²) >= 11 is 1.72. The van der Waals surface area contributed by atoms with Crippen LogP contribution in [-0.2, 0) is 10.0 Å². The summed E-state index contributed by atoms with van der Waals surface area (Å²) in [6.45, 7) is 7.67. The number of likely N-dealkylation sites (N-methyl/N-ethyl adjacent to an activating group) is 1. The standard InChI is InChI=1S/C24H31N3O2S2/c1-18(11-12-27-15-13-26(4)14-16-27)24-20-7-5-6-8-22(20)30-23-10-9-19(17-21(23)24)31(28,29)25(2)3/h5-10,17H,11-16H2,1-4H3/b24-18-. The summed E-state index contributed by atoms with van der Waals surface area (Å²) in [6, 6.07) is 14.0. The lowest BCUT2D eigenvalue weighted by Gasteiger charge is -2.32. The molecule has 2 heterocycles.